The molecule has 2 nitrogen and oxygen atoms in total. The van der Waals surface area contributed by atoms with Crippen LogP contribution in [0.15, 0.2) is 6.20 Å². The standard InChI is InChI=1S/C7H6F6N2/c1-2-4-3-14-15(7(11,12)13)5(4)6(8,9)10/h3H,2H2,1H3. The molecule has 1 aromatic rings. The highest BCUT2D eigenvalue weighted by atomic mass is 19.4. The zero-order chi connectivity index (χ0) is 11.9. The van der Waals surface area contributed by atoms with Crippen LogP contribution in [0.25, 0.3) is 0 Å². The van der Waals surface area contributed by atoms with Gasteiger partial charge in [0.1, 0.15) is 0 Å². The normalized spacial score (nSPS) is 13.3. The van der Waals surface area contributed by atoms with Crippen LogP contribution in [0.4, 0.5) is 26.3 Å². The highest BCUT2D eigenvalue weighted by Crippen LogP contribution is 2.36. The second-order valence-electron chi connectivity index (χ2n) is 2.75. The minimum atomic E-state index is -5.15. The van der Waals surface area contributed by atoms with Crippen molar-refractivity contribution in [2.45, 2.75) is 25.8 Å². The quantitative estimate of drug-likeness (QED) is 0.680. The van der Waals surface area contributed by atoms with Gasteiger partial charge in [-0.2, -0.15) is 23.0 Å². The lowest BCUT2D eigenvalue weighted by atomic mass is 10.2. The Kier molecular flexibility index (Phi) is 2.71. The average Bonchev–Trinajstić information content (AvgIpc) is 2.44. The van der Waals surface area contributed by atoms with Crippen LogP contribution in [0.2, 0.25) is 0 Å². The van der Waals surface area contributed by atoms with Crippen molar-refractivity contribution >= 4 is 0 Å². The minimum Gasteiger partial charge on any atom is -0.173 e. The van der Waals surface area contributed by atoms with Crippen LogP contribution in [0.5, 0.6) is 0 Å². The summed E-state index contributed by atoms with van der Waals surface area (Å²) in [5, 5.41) is 2.70. The third kappa shape index (κ3) is 2.24. The molecule has 86 valence electrons. The van der Waals surface area contributed by atoms with Gasteiger partial charge in [0, 0.05) is 5.56 Å². The fraction of sp³-hybridized carbons (Fsp3) is 0.571. The van der Waals surface area contributed by atoms with Crippen molar-refractivity contribution in [1.82, 2.24) is 9.78 Å². The monoisotopic (exact) mass is 232 g/mol. The molecule has 1 rings (SSSR count). The zero-order valence-electron chi connectivity index (χ0n) is 7.45. The fourth-order valence-electron chi connectivity index (χ4n) is 1.14. The lowest BCUT2D eigenvalue weighted by Gasteiger charge is -2.13. The van der Waals surface area contributed by atoms with Crippen molar-refractivity contribution in [2.75, 3.05) is 0 Å². The first-order valence-corrected chi connectivity index (χ1v) is 3.89. The third-order valence-electron chi connectivity index (χ3n) is 1.73. The Labute approximate surface area is 80.5 Å². The predicted octanol–water partition coefficient (Wildman–Crippen LogP) is 2.94. The molecule has 0 amide bonds. The molecule has 0 N–H and O–H groups in total. The van der Waals surface area contributed by atoms with Gasteiger partial charge in [-0.3, -0.25) is 0 Å². The molecule has 0 spiro atoms. The van der Waals surface area contributed by atoms with Crippen molar-refractivity contribution in [1.29, 1.82) is 0 Å². The number of halogens is 6. The molecule has 15 heavy (non-hydrogen) atoms. The molecule has 0 saturated carbocycles. The maximum atomic E-state index is 12.3. The van der Waals surface area contributed by atoms with E-state index in [9.17, 15) is 26.3 Å². The van der Waals surface area contributed by atoms with Gasteiger partial charge in [-0.25, -0.2) is 0 Å². The van der Waals surface area contributed by atoms with Crippen LogP contribution in [0.3, 0.4) is 0 Å². The van der Waals surface area contributed by atoms with E-state index >= 15 is 0 Å². The smallest absolute Gasteiger partial charge is 0.173 e. The molecule has 0 aliphatic carbocycles. The van der Waals surface area contributed by atoms with Gasteiger partial charge in [0.2, 0.25) is 0 Å². The molecule has 0 aliphatic heterocycles. The summed E-state index contributed by atoms with van der Waals surface area (Å²) in [5.74, 6) is 0. The molecule has 1 heterocycles. The molecule has 0 radical (unpaired) electrons. The van der Waals surface area contributed by atoms with E-state index in [0.717, 1.165) is 0 Å². The second-order valence-corrected chi connectivity index (χ2v) is 2.75. The van der Waals surface area contributed by atoms with Crippen molar-refractivity contribution in [3.05, 3.63) is 17.5 Å². The van der Waals surface area contributed by atoms with Crippen LogP contribution < -0.4 is 0 Å². The number of alkyl halides is 6. The molecular weight excluding hydrogens is 226 g/mol. The van der Waals surface area contributed by atoms with E-state index in [1.807, 2.05) is 0 Å². The van der Waals surface area contributed by atoms with E-state index in [1.54, 1.807) is 0 Å². The summed E-state index contributed by atoms with van der Waals surface area (Å²) in [6.07, 6.45) is -9.79. The molecule has 1 aromatic heterocycles. The number of rotatable bonds is 1. The largest absolute Gasteiger partial charge is 0.505 e. The highest BCUT2D eigenvalue weighted by Gasteiger charge is 2.45. The number of hydrogen-bond acceptors (Lipinski definition) is 1. The lowest BCUT2D eigenvalue weighted by molar-refractivity contribution is -0.229. The number of aromatic nitrogens is 2. The van der Waals surface area contributed by atoms with E-state index in [4.69, 9.17) is 0 Å². The first-order valence-electron chi connectivity index (χ1n) is 3.89. The lowest BCUT2D eigenvalue weighted by Crippen LogP contribution is -2.26. The van der Waals surface area contributed by atoms with Gasteiger partial charge in [-0.15, -0.1) is 13.2 Å². The number of aryl methyl sites for hydroxylation is 1. The summed E-state index contributed by atoms with van der Waals surface area (Å²) in [6.45, 7) is 1.33. The third-order valence-corrected chi connectivity index (χ3v) is 1.73. The van der Waals surface area contributed by atoms with Crippen LogP contribution in [0, 0.1) is 0 Å². The van der Waals surface area contributed by atoms with Gasteiger partial charge in [0.15, 0.2) is 5.69 Å². The van der Waals surface area contributed by atoms with Gasteiger partial charge in [0.25, 0.3) is 0 Å². The van der Waals surface area contributed by atoms with E-state index < -0.39 is 28.4 Å². The molecule has 0 saturated heterocycles. The van der Waals surface area contributed by atoms with E-state index in [-0.39, 0.29) is 6.42 Å². The second kappa shape index (κ2) is 3.42. The van der Waals surface area contributed by atoms with E-state index in [0.29, 0.717) is 6.20 Å². The number of nitrogens with zero attached hydrogens (tertiary/aromatic N) is 2. The number of hydrogen-bond donors (Lipinski definition) is 0. The van der Waals surface area contributed by atoms with Gasteiger partial charge < -0.3 is 0 Å². The van der Waals surface area contributed by atoms with Crippen molar-refractivity contribution in [2.24, 2.45) is 0 Å². The summed E-state index contributed by atoms with van der Waals surface area (Å²) in [7, 11) is 0. The Hall–Kier alpha value is -1.21. The fourth-order valence-corrected chi connectivity index (χ4v) is 1.14. The van der Waals surface area contributed by atoms with Crippen molar-refractivity contribution < 1.29 is 26.3 Å². The summed E-state index contributed by atoms with van der Waals surface area (Å²) < 4.78 is 72.3. The molecule has 0 unspecified atom stereocenters. The maximum absolute atomic E-state index is 12.3. The SMILES string of the molecule is CCc1cnn(C(F)(F)F)c1C(F)(F)F. The van der Waals surface area contributed by atoms with E-state index in [1.165, 1.54) is 6.92 Å². The van der Waals surface area contributed by atoms with Gasteiger partial charge >= 0.3 is 12.5 Å². The van der Waals surface area contributed by atoms with E-state index in [2.05, 4.69) is 5.10 Å². The minimum absolute atomic E-state index is 0.162. The molecule has 0 atom stereocenters. The molecular formula is C7H6F6N2. The predicted molar refractivity (Wildman–Crippen MR) is 37.9 cm³/mol. The molecule has 0 fully saturated rings. The van der Waals surface area contributed by atoms with Crippen molar-refractivity contribution in [3.8, 4) is 0 Å². The first-order chi connectivity index (χ1) is 6.68. The van der Waals surface area contributed by atoms with Crippen LogP contribution in [0.1, 0.15) is 18.2 Å². The molecule has 8 heteroatoms. The summed E-state index contributed by atoms with van der Waals surface area (Å²) in [5.41, 5.74) is -2.22. The van der Waals surface area contributed by atoms with Crippen molar-refractivity contribution in [3.63, 3.8) is 0 Å². The Balaban J connectivity index is 3.37. The van der Waals surface area contributed by atoms with Crippen LogP contribution >= 0.6 is 0 Å². The average molecular weight is 232 g/mol. The summed E-state index contributed by atoms with van der Waals surface area (Å²) in [4.78, 5) is 0. The Morgan fingerprint density at radius 3 is 2.07 bits per heavy atom. The summed E-state index contributed by atoms with van der Waals surface area (Å²) >= 11 is 0. The molecule has 0 bridgehead atoms. The Morgan fingerprint density at radius 2 is 1.73 bits per heavy atom. The summed E-state index contributed by atoms with van der Waals surface area (Å²) in [6, 6.07) is 0. The first kappa shape index (κ1) is 11.9. The topological polar surface area (TPSA) is 17.8 Å². The van der Waals surface area contributed by atoms with Gasteiger partial charge in [-0.1, -0.05) is 6.92 Å². The zero-order valence-corrected chi connectivity index (χ0v) is 7.45. The van der Waals surface area contributed by atoms with Gasteiger partial charge in [-0.05, 0) is 6.42 Å². The Bertz CT molecular complexity index is 347. The highest BCUT2D eigenvalue weighted by molar-refractivity contribution is 5.21. The van der Waals surface area contributed by atoms with Crippen LogP contribution in [-0.2, 0) is 18.9 Å². The van der Waals surface area contributed by atoms with Gasteiger partial charge in [0.05, 0.1) is 6.20 Å². The maximum Gasteiger partial charge on any atom is 0.505 e. The molecule has 0 aromatic carbocycles. The van der Waals surface area contributed by atoms with Crippen LogP contribution in [-0.4, -0.2) is 9.78 Å². The Morgan fingerprint density at radius 1 is 1.20 bits per heavy atom. The molecule has 0 aliphatic rings.